The number of carbonyl (C=O) groups excluding carboxylic acids is 4. The minimum Gasteiger partial charge on any atom is -0.453 e. The average Bonchev–Trinajstić information content (AvgIpc) is 4.06. The summed E-state index contributed by atoms with van der Waals surface area (Å²) < 4.78 is 9.57. The van der Waals surface area contributed by atoms with Crippen LogP contribution in [0.15, 0.2) is 67.0 Å². The van der Waals surface area contributed by atoms with Gasteiger partial charge in [0.25, 0.3) is 0 Å². The van der Waals surface area contributed by atoms with E-state index < -0.39 is 24.3 Å². The molecular formula is C45H55N9O6. The number of aromatic amines is 2. The first-order valence-corrected chi connectivity index (χ1v) is 20.7. The van der Waals surface area contributed by atoms with Gasteiger partial charge >= 0.3 is 12.2 Å². The van der Waals surface area contributed by atoms with Crippen LogP contribution in [0.1, 0.15) is 78.1 Å². The molecule has 7 rings (SSSR count). The largest absolute Gasteiger partial charge is 0.453 e. The highest BCUT2D eigenvalue weighted by Crippen LogP contribution is 2.38. The number of amides is 4. The van der Waals surface area contributed by atoms with E-state index in [9.17, 15) is 19.2 Å². The van der Waals surface area contributed by atoms with Crippen molar-refractivity contribution >= 4 is 35.0 Å². The molecule has 0 aliphatic carbocycles. The molecule has 60 heavy (non-hydrogen) atoms. The molecule has 2 saturated heterocycles. The van der Waals surface area contributed by atoms with Crippen LogP contribution in [-0.2, 0) is 19.1 Å². The van der Waals surface area contributed by atoms with Gasteiger partial charge in [-0.25, -0.2) is 19.6 Å². The lowest BCUT2D eigenvalue weighted by Crippen LogP contribution is -2.51. The summed E-state index contributed by atoms with van der Waals surface area (Å²) in [7, 11) is 2.58. The third-order valence-corrected chi connectivity index (χ3v) is 11.7. The van der Waals surface area contributed by atoms with Gasteiger partial charge in [-0.05, 0) is 59.3 Å². The standard InChI is InChI=1S/C45H55N9O6/c1-24(2)38(51-44(57)59-7)42(55)53-22-26(5)17-36(53)40-47-20-34(49-40)31-15-11-29(12-16-31)28-9-13-30(14-10-28)32-19-33-35(21-46-32)50-41(48-33)37-18-27(6)23-54(37)43(56)39(25(3)4)52-45(58)60-8/h9-16,19-21,24-27,36-39H,17-18,22-23H2,1-8H3,(H,47,49)(H,48,50)(H,51,57)(H,52,58)/t26-,27-,36-,37-,38-,39-/m0/s1. The van der Waals surface area contributed by atoms with Crippen LogP contribution in [0.4, 0.5) is 9.59 Å². The zero-order valence-corrected chi connectivity index (χ0v) is 35.5. The van der Waals surface area contributed by atoms with Gasteiger partial charge in [0.2, 0.25) is 11.8 Å². The minimum atomic E-state index is -0.714. The van der Waals surface area contributed by atoms with Crippen molar-refractivity contribution in [2.24, 2.45) is 23.7 Å². The van der Waals surface area contributed by atoms with E-state index >= 15 is 0 Å². The van der Waals surface area contributed by atoms with Gasteiger partial charge in [-0.3, -0.25) is 14.6 Å². The van der Waals surface area contributed by atoms with Crippen molar-refractivity contribution in [3.63, 3.8) is 0 Å². The van der Waals surface area contributed by atoms with Crippen molar-refractivity contribution in [2.75, 3.05) is 27.3 Å². The SMILES string of the molecule is COC(=O)N[C@H](C(=O)N1C[C@@H](C)C[C@H]1c1ncc(-c2ccc(-c3ccc(-c4cc5nc([C@@H]6C[C@H](C)CN6C(=O)[C@@H](NC(=O)OC)C(C)C)[nH]c5cn4)cc3)cc2)[nH]1)C(C)C. The number of pyridine rings is 1. The normalized spacial score (nSPS) is 20.1. The Kier molecular flexibility index (Phi) is 12.2. The van der Waals surface area contributed by atoms with E-state index in [1.54, 1.807) is 12.4 Å². The van der Waals surface area contributed by atoms with Crippen LogP contribution in [0.2, 0.25) is 0 Å². The lowest BCUT2D eigenvalue weighted by molar-refractivity contribution is -0.136. The summed E-state index contributed by atoms with van der Waals surface area (Å²) in [6.45, 7) is 13.0. The number of aromatic nitrogens is 5. The fourth-order valence-electron chi connectivity index (χ4n) is 8.43. The third kappa shape index (κ3) is 8.70. The number of H-pyrrole nitrogens is 2. The lowest BCUT2D eigenvalue weighted by atomic mass is 10.0. The Morgan fingerprint density at radius 3 is 1.65 bits per heavy atom. The summed E-state index contributed by atoms with van der Waals surface area (Å²) in [5.41, 5.74) is 7.20. The van der Waals surface area contributed by atoms with Crippen LogP contribution in [0.3, 0.4) is 0 Å². The van der Waals surface area contributed by atoms with Gasteiger partial charge in [-0.1, -0.05) is 90.1 Å². The summed E-state index contributed by atoms with van der Waals surface area (Å²) in [5, 5.41) is 5.42. The van der Waals surface area contributed by atoms with E-state index in [1.807, 2.05) is 55.7 Å². The molecular weight excluding hydrogens is 763 g/mol. The number of imidazole rings is 2. The summed E-state index contributed by atoms with van der Waals surface area (Å²) >= 11 is 0. The van der Waals surface area contributed by atoms with E-state index in [0.29, 0.717) is 18.9 Å². The number of hydrogen-bond acceptors (Lipinski definition) is 9. The zero-order valence-electron chi connectivity index (χ0n) is 35.5. The highest BCUT2D eigenvalue weighted by molar-refractivity contribution is 5.87. The van der Waals surface area contributed by atoms with Crippen LogP contribution in [0.25, 0.3) is 44.7 Å². The van der Waals surface area contributed by atoms with Crippen LogP contribution in [0, 0.1) is 23.7 Å². The van der Waals surface area contributed by atoms with Crippen molar-refractivity contribution in [3.05, 3.63) is 78.6 Å². The first-order valence-electron chi connectivity index (χ1n) is 20.7. The van der Waals surface area contributed by atoms with E-state index in [1.165, 1.54) is 14.2 Å². The topological polar surface area (TPSA) is 188 Å². The summed E-state index contributed by atoms with van der Waals surface area (Å²) in [5.74, 6) is 1.41. The maximum Gasteiger partial charge on any atom is 0.407 e. The van der Waals surface area contributed by atoms with Gasteiger partial charge in [-0.15, -0.1) is 0 Å². The number of alkyl carbamates (subject to hydrolysis) is 2. The Hall–Kier alpha value is -6.25. The number of benzene rings is 2. The second-order valence-corrected chi connectivity index (χ2v) is 17.0. The molecule has 4 N–H and O–H groups in total. The van der Waals surface area contributed by atoms with Gasteiger partial charge in [0, 0.05) is 18.7 Å². The summed E-state index contributed by atoms with van der Waals surface area (Å²) in [6.07, 6.45) is 3.84. The van der Waals surface area contributed by atoms with Crippen LogP contribution >= 0.6 is 0 Å². The number of carbonyl (C=O) groups is 4. The number of ether oxygens (including phenoxy) is 2. The van der Waals surface area contributed by atoms with Gasteiger partial charge in [-0.2, -0.15) is 0 Å². The predicted molar refractivity (Wildman–Crippen MR) is 227 cm³/mol. The molecule has 6 atom stereocenters. The van der Waals surface area contributed by atoms with Crippen LogP contribution in [0.5, 0.6) is 0 Å². The summed E-state index contributed by atoms with van der Waals surface area (Å²) in [4.78, 5) is 76.4. The molecule has 0 saturated carbocycles. The third-order valence-electron chi connectivity index (χ3n) is 11.7. The highest BCUT2D eigenvalue weighted by atomic mass is 16.5. The number of methoxy groups -OCH3 is 2. The Morgan fingerprint density at radius 1 is 0.667 bits per heavy atom. The lowest BCUT2D eigenvalue weighted by Gasteiger charge is -2.30. The number of fused-ring (bicyclic) bond motifs is 1. The molecule has 15 heteroatoms. The first-order chi connectivity index (χ1) is 28.7. The monoisotopic (exact) mass is 817 g/mol. The molecule has 5 heterocycles. The van der Waals surface area contributed by atoms with Crippen LogP contribution < -0.4 is 10.6 Å². The van der Waals surface area contributed by atoms with Crippen molar-refractivity contribution in [3.8, 4) is 33.6 Å². The second-order valence-electron chi connectivity index (χ2n) is 17.0. The number of rotatable bonds is 11. The second kappa shape index (κ2) is 17.5. The molecule has 0 unspecified atom stereocenters. The Morgan fingerprint density at radius 2 is 1.15 bits per heavy atom. The van der Waals surface area contributed by atoms with Crippen molar-refractivity contribution < 1.29 is 28.7 Å². The van der Waals surface area contributed by atoms with Gasteiger partial charge in [0.15, 0.2) is 0 Å². The fraction of sp³-hybridized carbons (Fsp3) is 0.444. The zero-order chi connectivity index (χ0) is 42.8. The maximum atomic E-state index is 13.8. The Labute approximate surface area is 350 Å². The van der Waals surface area contributed by atoms with E-state index in [4.69, 9.17) is 24.4 Å². The van der Waals surface area contributed by atoms with Crippen molar-refractivity contribution in [2.45, 2.75) is 78.6 Å². The van der Waals surface area contributed by atoms with Gasteiger partial charge in [0.05, 0.1) is 61.1 Å². The predicted octanol–water partition coefficient (Wildman–Crippen LogP) is 7.26. The molecule has 15 nitrogen and oxygen atoms in total. The van der Waals surface area contributed by atoms with Gasteiger partial charge < -0.3 is 39.9 Å². The molecule has 3 aromatic heterocycles. The van der Waals surface area contributed by atoms with Crippen molar-refractivity contribution in [1.82, 2.24) is 45.4 Å². The average molecular weight is 818 g/mol. The molecule has 4 amide bonds. The van der Waals surface area contributed by atoms with Gasteiger partial charge in [0.1, 0.15) is 23.7 Å². The molecule has 2 fully saturated rings. The van der Waals surface area contributed by atoms with Crippen LogP contribution in [-0.4, -0.2) is 98.1 Å². The number of nitrogens with zero attached hydrogens (tertiary/aromatic N) is 5. The molecule has 2 aromatic carbocycles. The molecule has 5 aromatic rings. The molecule has 0 spiro atoms. The van der Waals surface area contributed by atoms with E-state index in [0.717, 1.165) is 63.3 Å². The van der Waals surface area contributed by atoms with E-state index in [-0.39, 0.29) is 47.6 Å². The van der Waals surface area contributed by atoms with Crippen molar-refractivity contribution in [1.29, 1.82) is 0 Å². The number of hydrogen-bond donors (Lipinski definition) is 4. The Bertz CT molecular complexity index is 2340. The highest BCUT2D eigenvalue weighted by Gasteiger charge is 2.41. The molecule has 0 bridgehead atoms. The minimum absolute atomic E-state index is 0.116. The molecule has 2 aliphatic rings. The number of nitrogens with one attached hydrogen (secondary N) is 4. The number of likely N-dealkylation sites (tertiary alicyclic amines) is 2. The molecule has 2 aliphatic heterocycles. The quantitative estimate of drug-likeness (QED) is 0.106. The maximum absolute atomic E-state index is 13.8. The Balaban J connectivity index is 1.03. The van der Waals surface area contributed by atoms with E-state index in [2.05, 4.69) is 70.8 Å². The fourth-order valence-corrected chi connectivity index (χ4v) is 8.43. The summed E-state index contributed by atoms with van der Waals surface area (Å²) in [6, 6.07) is 16.6. The molecule has 316 valence electrons. The first kappa shape index (κ1) is 41.9. The molecule has 0 radical (unpaired) electrons. The smallest absolute Gasteiger partial charge is 0.407 e.